The second-order valence-electron chi connectivity index (χ2n) is 5.89. The first-order valence-electron chi connectivity index (χ1n) is 7.49. The zero-order valence-electron chi connectivity index (χ0n) is 12.5. The molecule has 1 aromatic carbocycles. The van der Waals surface area contributed by atoms with Crippen molar-refractivity contribution >= 4 is 0 Å². The average Bonchev–Trinajstić information content (AvgIpc) is 3.21. The molecule has 0 aliphatic heterocycles. The molecule has 2 aromatic rings. The number of alkyl halides is 3. The fourth-order valence-electron chi connectivity index (χ4n) is 2.65. The first-order chi connectivity index (χ1) is 10.9. The fraction of sp³-hybridized carbons (Fsp3) is 0.438. The summed E-state index contributed by atoms with van der Waals surface area (Å²) in [5.74, 6) is 0.603. The van der Waals surface area contributed by atoms with Gasteiger partial charge in [0.2, 0.25) is 0 Å². The molecular formula is C16H18F3N3O. The van der Waals surface area contributed by atoms with Gasteiger partial charge in [0, 0.05) is 25.0 Å². The molecule has 23 heavy (non-hydrogen) atoms. The molecule has 4 nitrogen and oxygen atoms in total. The van der Waals surface area contributed by atoms with E-state index in [9.17, 15) is 18.3 Å². The van der Waals surface area contributed by atoms with Gasteiger partial charge in [-0.15, -0.1) is 0 Å². The van der Waals surface area contributed by atoms with Crippen LogP contribution in [0.1, 0.15) is 24.2 Å². The number of nitrogens with zero attached hydrogens (tertiary/aromatic N) is 3. The van der Waals surface area contributed by atoms with E-state index in [0.717, 1.165) is 23.0 Å². The van der Waals surface area contributed by atoms with Crippen molar-refractivity contribution in [2.45, 2.75) is 44.7 Å². The lowest BCUT2D eigenvalue weighted by molar-refractivity contribution is -0.141. The third kappa shape index (κ3) is 4.48. The second kappa shape index (κ2) is 6.23. The van der Waals surface area contributed by atoms with Crippen LogP contribution in [0.4, 0.5) is 13.2 Å². The Morgan fingerprint density at radius 2 is 2.04 bits per heavy atom. The van der Waals surface area contributed by atoms with Crippen LogP contribution in [0.15, 0.2) is 36.7 Å². The molecule has 0 saturated heterocycles. The molecule has 1 saturated carbocycles. The molecule has 0 atom stereocenters. The Bertz CT molecular complexity index is 665. The Morgan fingerprint density at radius 1 is 1.26 bits per heavy atom. The van der Waals surface area contributed by atoms with Crippen molar-refractivity contribution in [3.8, 4) is 5.75 Å². The average molecular weight is 325 g/mol. The summed E-state index contributed by atoms with van der Waals surface area (Å²) in [6.45, 7) is -0.0751. The zero-order valence-corrected chi connectivity index (χ0v) is 12.5. The van der Waals surface area contributed by atoms with Gasteiger partial charge in [0.15, 0.2) is 0 Å². The van der Waals surface area contributed by atoms with Crippen LogP contribution in [-0.2, 0) is 19.6 Å². The van der Waals surface area contributed by atoms with Crippen molar-refractivity contribution in [3.05, 3.63) is 48.0 Å². The number of imidazole rings is 1. The molecule has 0 radical (unpaired) electrons. The molecule has 1 fully saturated rings. The minimum atomic E-state index is -4.26. The van der Waals surface area contributed by atoms with Crippen molar-refractivity contribution in [2.75, 3.05) is 0 Å². The van der Waals surface area contributed by atoms with E-state index in [2.05, 4.69) is 9.88 Å². The number of phenols is 1. The Morgan fingerprint density at radius 3 is 2.70 bits per heavy atom. The van der Waals surface area contributed by atoms with Gasteiger partial charge in [-0.05, 0) is 30.5 Å². The topological polar surface area (TPSA) is 41.3 Å². The van der Waals surface area contributed by atoms with Crippen molar-refractivity contribution in [1.82, 2.24) is 14.5 Å². The third-order valence-corrected chi connectivity index (χ3v) is 3.86. The number of benzene rings is 1. The Labute approximate surface area is 132 Å². The molecule has 1 aliphatic rings. The molecule has 1 aliphatic carbocycles. The summed E-state index contributed by atoms with van der Waals surface area (Å²) in [5, 5.41) is 9.55. The first kappa shape index (κ1) is 15.9. The Kier molecular flexibility index (Phi) is 4.30. The summed E-state index contributed by atoms with van der Waals surface area (Å²) in [5.41, 5.74) is 0.936. The molecule has 0 unspecified atom stereocenters. The highest BCUT2D eigenvalue weighted by atomic mass is 19.4. The molecule has 1 N–H and O–H groups in total. The predicted octanol–water partition coefficient (Wildman–Crippen LogP) is 3.32. The number of phenolic OH excluding ortho intramolecular Hbond substituents is 1. The Balaban J connectivity index is 1.72. The van der Waals surface area contributed by atoms with Crippen molar-refractivity contribution < 1.29 is 18.3 Å². The van der Waals surface area contributed by atoms with E-state index in [1.54, 1.807) is 18.2 Å². The van der Waals surface area contributed by atoms with E-state index in [4.69, 9.17) is 0 Å². The van der Waals surface area contributed by atoms with E-state index in [-0.39, 0.29) is 5.75 Å². The van der Waals surface area contributed by atoms with E-state index >= 15 is 0 Å². The monoisotopic (exact) mass is 325 g/mol. The van der Waals surface area contributed by atoms with Crippen molar-refractivity contribution in [1.29, 1.82) is 0 Å². The van der Waals surface area contributed by atoms with Crippen LogP contribution in [0.25, 0.3) is 0 Å². The summed E-state index contributed by atoms with van der Waals surface area (Å²) < 4.78 is 39.0. The smallest absolute Gasteiger partial charge is 0.406 e. The van der Waals surface area contributed by atoms with Crippen molar-refractivity contribution in [2.24, 2.45) is 0 Å². The highest BCUT2D eigenvalue weighted by molar-refractivity contribution is 5.27. The summed E-state index contributed by atoms with van der Waals surface area (Å²) in [7, 11) is 0. The van der Waals surface area contributed by atoms with E-state index in [0.29, 0.717) is 25.0 Å². The molecule has 124 valence electrons. The molecule has 0 bridgehead atoms. The van der Waals surface area contributed by atoms with Gasteiger partial charge < -0.3 is 9.67 Å². The van der Waals surface area contributed by atoms with Gasteiger partial charge >= 0.3 is 6.18 Å². The van der Waals surface area contributed by atoms with Gasteiger partial charge in [0.1, 0.15) is 18.1 Å². The normalized spacial score (nSPS) is 15.3. The number of hydrogen-bond acceptors (Lipinski definition) is 3. The number of rotatable bonds is 6. The number of halogens is 3. The largest absolute Gasteiger partial charge is 0.508 e. The quantitative estimate of drug-likeness (QED) is 0.886. The van der Waals surface area contributed by atoms with Crippen LogP contribution in [-0.4, -0.2) is 31.8 Å². The van der Waals surface area contributed by atoms with Crippen LogP contribution in [0.3, 0.4) is 0 Å². The van der Waals surface area contributed by atoms with Gasteiger partial charge in [-0.25, -0.2) is 4.98 Å². The van der Waals surface area contributed by atoms with Gasteiger partial charge in [-0.3, -0.25) is 4.90 Å². The predicted molar refractivity (Wildman–Crippen MR) is 78.7 cm³/mol. The third-order valence-electron chi connectivity index (χ3n) is 3.86. The lowest BCUT2D eigenvalue weighted by atomic mass is 10.2. The SMILES string of the molecule is Oc1cccc(CN(Cc2nccn2CC(F)(F)F)C2CC2)c1. The van der Waals surface area contributed by atoms with Crippen LogP contribution in [0, 0.1) is 0 Å². The van der Waals surface area contributed by atoms with E-state index in [1.165, 1.54) is 12.4 Å². The maximum Gasteiger partial charge on any atom is 0.406 e. The molecule has 0 amide bonds. The molecule has 3 rings (SSSR count). The van der Waals surface area contributed by atoms with Gasteiger partial charge in [0.25, 0.3) is 0 Å². The lowest BCUT2D eigenvalue weighted by Crippen LogP contribution is -2.28. The summed E-state index contributed by atoms with van der Waals surface area (Å²) >= 11 is 0. The molecule has 1 aromatic heterocycles. The second-order valence-corrected chi connectivity index (χ2v) is 5.89. The maximum absolute atomic E-state index is 12.6. The maximum atomic E-state index is 12.6. The summed E-state index contributed by atoms with van der Waals surface area (Å²) in [6.07, 6.45) is 0.589. The van der Waals surface area contributed by atoms with Gasteiger partial charge in [-0.1, -0.05) is 12.1 Å². The van der Waals surface area contributed by atoms with Crippen LogP contribution in [0.5, 0.6) is 5.75 Å². The van der Waals surface area contributed by atoms with Crippen LogP contribution < -0.4 is 0 Å². The molecule has 0 spiro atoms. The zero-order chi connectivity index (χ0) is 16.4. The fourth-order valence-corrected chi connectivity index (χ4v) is 2.65. The van der Waals surface area contributed by atoms with Crippen molar-refractivity contribution in [3.63, 3.8) is 0 Å². The molecule has 7 heteroatoms. The first-order valence-corrected chi connectivity index (χ1v) is 7.49. The number of aromatic nitrogens is 2. The minimum absolute atomic E-state index is 0.191. The Hall–Kier alpha value is -2.02. The molecular weight excluding hydrogens is 307 g/mol. The summed E-state index contributed by atoms with van der Waals surface area (Å²) in [4.78, 5) is 6.20. The summed E-state index contributed by atoms with van der Waals surface area (Å²) in [6, 6.07) is 7.31. The highest BCUT2D eigenvalue weighted by Crippen LogP contribution is 2.30. The highest BCUT2D eigenvalue weighted by Gasteiger charge is 2.32. The van der Waals surface area contributed by atoms with Gasteiger partial charge in [-0.2, -0.15) is 13.2 Å². The minimum Gasteiger partial charge on any atom is -0.508 e. The lowest BCUT2D eigenvalue weighted by Gasteiger charge is -2.22. The standard InChI is InChI=1S/C16H18F3N3O/c17-16(18,19)11-21-7-6-20-15(21)10-22(13-4-5-13)9-12-2-1-3-14(23)8-12/h1-3,6-8,13,23H,4-5,9-11H2. The van der Waals surface area contributed by atoms with E-state index in [1.807, 2.05) is 6.07 Å². The number of hydrogen-bond donors (Lipinski definition) is 1. The number of aromatic hydroxyl groups is 1. The van der Waals surface area contributed by atoms with Crippen LogP contribution in [0.2, 0.25) is 0 Å². The molecule has 1 heterocycles. The van der Waals surface area contributed by atoms with Gasteiger partial charge in [0.05, 0.1) is 6.54 Å². The van der Waals surface area contributed by atoms with Crippen LogP contribution >= 0.6 is 0 Å². The van der Waals surface area contributed by atoms with E-state index < -0.39 is 12.7 Å².